The molecule has 0 aliphatic rings. The first-order valence-electron chi connectivity index (χ1n) is 4.36. The van der Waals surface area contributed by atoms with Crippen molar-refractivity contribution in [3.63, 3.8) is 0 Å². The molecule has 0 saturated carbocycles. The van der Waals surface area contributed by atoms with Crippen molar-refractivity contribution < 1.29 is 14.3 Å². The molecule has 0 spiro atoms. The average molecular weight is 226 g/mol. The van der Waals surface area contributed by atoms with Gasteiger partial charge in [-0.15, -0.1) is 18.3 Å². The monoisotopic (exact) mass is 226 g/mol. The number of hydrogen-bond acceptors (Lipinski definition) is 2. The van der Waals surface area contributed by atoms with E-state index in [0.29, 0.717) is 4.90 Å². The van der Waals surface area contributed by atoms with Crippen LogP contribution >= 0.6 is 11.8 Å². The summed E-state index contributed by atoms with van der Waals surface area (Å²) in [5.74, 6) is -1.46. The molecule has 4 heteroatoms. The maximum Gasteiger partial charge on any atom is 0.335 e. The van der Waals surface area contributed by atoms with Crippen LogP contribution in [0, 0.1) is 5.82 Å². The molecule has 0 radical (unpaired) electrons. The third-order valence-corrected chi connectivity index (χ3v) is 2.95. The quantitative estimate of drug-likeness (QED) is 0.632. The summed E-state index contributed by atoms with van der Waals surface area (Å²) in [6.07, 6.45) is 1.68. The lowest BCUT2D eigenvalue weighted by Gasteiger charge is -2.07. The van der Waals surface area contributed by atoms with Crippen molar-refractivity contribution in [3.8, 4) is 0 Å². The molecule has 15 heavy (non-hydrogen) atoms. The maximum absolute atomic E-state index is 13.3. The first-order valence-corrected chi connectivity index (χ1v) is 5.24. The smallest absolute Gasteiger partial charge is 0.335 e. The number of aromatic carboxylic acids is 1. The van der Waals surface area contributed by atoms with Crippen LogP contribution in [0.4, 0.5) is 4.39 Å². The minimum Gasteiger partial charge on any atom is -0.478 e. The van der Waals surface area contributed by atoms with Crippen LogP contribution in [0.2, 0.25) is 0 Å². The Balaban J connectivity index is 3.00. The average Bonchev–Trinajstić information content (AvgIpc) is 2.20. The molecule has 1 aromatic rings. The topological polar surface area (TPSA) is 37.3 Å². The Labute approximate surface area is 91.8 Å². The van der Waals surface area contributed by atoms with Crippen LogP contribution in [0.25, 0.3) is 0 Å². The lowest BCUT2D eigenvalue weighted by molar-refractivity contribution is 0.0696. The van der Waals surface area contributed by atoms with Crippen molar-refractivity contribution in [1.29, 1.82) is 0 Å². The van der Waals surface area contributed by atoms with Crippen LogP contribution in [-0.4, -0.2) is 16.3 Å². The van der Waals surface area contributed by atoms with E-state index < -0.39 is 11.8 Å². The van der Waals surface area contributed by atoms with E-state index in [1.807, 2.05) is 6.92 Å². The van der Waals surface area contributed by atoms with E-state index in [4.69, 9.17) is 5.11 Å². The van der Waals surface area contributed by atoms with E-state index in [9.17, 15) is 9.18 Å². The van der Waals surface area contributed by atoms with Gasteiger partial charge in [0, 0.05) is 10.1 Å². The largest absolute Gasteiger partial charge is 0.478 e. The van der Waals surface area contributed by atoms with Gasteiger partial charge in [-0.3, -0.25) is 0 Å². The standard InChI is InChI=1S/C11H11FO2S/c1-3-7(2)15-10-6-8(11(13)14)4-5-9(10)12/h3-7H,1H2,2H3,(H,13,14). The van der Waals surface area contributed by atoms with E-state index in [1.165, 1.54) is 30.0 Å². The summed E-state index contributed by atoms with van der Waals surface area (Å²) in [4.78, 5) is 11.0. The fraction of sp³-hybridized carbons (Fsp3) is 0.182. The van der Waals surface area contributed by atoms with Crippen molar-refractivity contribution in [2.24, 2.45) is 0 Å². The molecule has 1 aromatic carbocycles. The molecule has 0 saturated heterocycles. The van der Waals surface area contributed by atoms with Crippen LogP contribution in [-0.2, 0) is 0 Å². The molecule has 0 fully saturated rings. The maximum atomic E-state index is 13.3. The molecule has 80 valence electrons. The second kappa shape index (κ2) is 4.98. The molecule has 1 unspecified atom stereocenters. The second-order valence-electron chi connectivity index (χ2n) is 3.01. The van der Waals surface area contributed by atoms with E-state index in [2.05, 4.69) is 6.58 Å². The van der Waals surface area contributed by atoms with E-state index in [1.54, 1.807) is 6.08 Å². The van der Waals surface area contributed by atoms with Crippen molar-refractivity contribution in [1.82, 2.24) is 0 Å². The summed E-state index contributed by atoms with van der Waals surface area (Å²) >= 11 is 1.25. The third-order valence-electron chi connectivity index (χ3n) is 1.82. The summed E-state index contributed by atoms with van der Waals surface area (Å²) in [7, 11) is 0. The van der Waals surface area contributed by atoms with Crippen LogP contribution < -0.4 is 0 Å². The zero-order valence-electron chi connectivity index (χ0n) is 8.24. The lowest BCUT2D eigenvalue weighted by Crippen LogP contribution is -1.98. The summed E-state index contributed by atoms with van der Waals surface area (Å²) in [5, 5.41) is 8.78. The zero-order valence-corrected chi connectivity index (χ0v) is 9.05. The molecule has 2 nitrogen and oxygen atoms in total. The van der Waals surface area contributed by atoms with Crippen LogP contribution in [0.15, 0.2) is 35.7 Å². The van der Waals surface area contributed by atoms with Crippen LogP contribution in [0.1, 0.15) is 17.3 Å². The molecule has 0 heterocycles. The molecule has 1 atom stereocenters. The molecule has 0 aliphatic carbocycles. The number of hydrogen-bond donors (Lipinski definition) is 1. The Hall–Kier alpha value is -1.29. The van der Waals surface area contributed by atoms with Gasteiger partial charge in [-0.2, -0.15) is 0 Å². The molecular formula is C11H11FO2S. The summed E-state index contributed by atoms with van der Waals surface area (Å²) in [6.45, 7) is 5.45. The highest BCUT2D eigenvalue weighted by atomic mass is 32.2. The number of carboxylic acids is 1. The van der Waals surface area contributed by atoms with Gasteiger partial charge in [-0.25, -0.2) is 9.18 Å². The number of halogens is 1. The molecule has 0 amide bonds. The van der Waals surface area contributed by atoms with E-state index >= 15 is 0 Å². The van der Waals surface area contributed by atoms with Crippen molar-refractivity contribution in [3.05, 3.63) is 42.2 Å². The fourth-order valence-corrected chi connectivity index (χ4v) is 1.85. The fourth-order valence-electron chi connectivity index (χ4n) is 0.975. The molecular weight excluding hydrogens is 215 g/mol. The summed E-state index contributed by atoms with van der Waals surface area (Å²) < 4.78 is 13.3. The predicted molar refractivity (Wildman–Crippen MR) is 58.9 cm³/mol. The Morgan fingerprint density at radius 3 is 2.87 bits per heavy atom. The van der Waals surface area contributed by atoms with Gasteiger partial charge in [-0.05, 0) is 25.1 Å². The van der Waals surface area contributed by atoms with Gasteiger partial charge in [0.2, 0.25) is 0 Å². The van der Waals surface area contributed by atoms with Crippen LogP contribution in [0.5, 0.6) is 0 Å². The SMILES string of the molecule is C=CC(C)Sc1cc(C(=O)O)ccc1F. The van der Waals surface area contributed by atoms with Gasteiger partial charge in [0.25, 0.3) is 0 Å². The molecule has 1 N–H and O–H groups in total. The molecule has 0 bridgehead atoms. The normalized spacial score (nSPS) is 12.1. The highest BCUT2D eigenvalue weighted by Crippen LogP contribution is 2.27. The predicted octanol–water partition coefficient (Wildman–Crippen LogP) is 3.19. The summed E-state index contributed by atoms with van der Waals surface area (Å²) in [6, 6.07) is 3.75. The number of thioether (sulfide) groups is 1. The van der Waals surface area contributed by atoms with Crippen LogP contribution in [0.3, 0.4) is 0 Å². The van der Waals surface area contributed by atoms with E-state index in [0.717, 1.165) is 0 Å². The van der Waals surface area contributed by atoms with Gasteiger partial charge in [0.15, 0.2) is 0 Å². The Bertz CT molecular complexity index is 390. The van der Waals surface area contributed by atoms with Gasteiger partial charge in [0.05, 0.1) is 5.56 Å². The zero-order chi connectivity index (χ0) is 11.4. The minimum atomic E-state index is -1.05. The van der Waals surface area contributed by atoms with Crippen molar-refractivity contribution in [2.45, 2.75) is 17.1 Å². The molecule has 0 aliphatic heterocycles. The number of carbonyl (C=O) groups is 1. The van der Waals surface area contributed by atoms with Crippen molar-refractivity contribution >= 4 is 17.7 Å². The Kier molecular flexibility index (Phi) is 3.91. The van der Waals surface area contributed by atoms with Gasteiger partial charge < -0.3 is 5.11 Å². The van der Waals surface area contributed by atoms with Gasteiger partial charge in [0.1, 0.15) is 5.82 Å². The third kappa shape index (κ3) is 3.09. The summed E-state index contributed by atoms with van der Waals surface area (Å²) in [5.41, 5.74) is 0.0927. The van der Waals surface area contributed by atoms with Crippen molar-refractivity contribution in [2.75, 3.05) is 0 Å². The Morgan fingerprint density at radius 1 is 1.67 bits per heavy atom. The first kappa shape index (κ1) is 11.8. The Morgan fingerprint density at radius 2 is 2.33 bits per heavy atom. The minimum absolute atomic E-state index is 0.0449. The second-order valence-corrected chi connectivity index (χ2v) is 4.43. The molecule has 0 aromatic heterocycles. The number of rotatable bonds is 4. The highest BCUT2D eigenvalue weighted by molar-refractivity contribution is 8.00. The number of carboxylic acid groups (broad SMARTS) is 1. The first-order chi connectivity index (χ1) is 7.04. The van der Waals surface area contributed by atoms with Gasteiger partial charge in [-0.1, -0.05) is 6.08 Å². The lowest BCUT2D eigenvalue weighted by atomic mass is 10.2. The van der Waals surface area contributed by atoms with Gasteiger partial charge >= 0.3 is 5.97 Å². The highest BCUT2D eigenvalue weighted by Gasteiger charge is 2.10. The van der Waals surface area contributed by atoms with E-state index in [-0.39, 0.29) is 10.8 Å². The number of benzene rings is 1. The molecule has 1 rings (SSSR count).